The van der Waals surface area contributed by atoms with Gasteiger partial charge in [0.25, 0.3) is 5.91 Å². The zero-order valence-corrected chi connectivity index (χ0v) is 11.9. The Labute approximate surface area is 119 Å². The maximum absolute atomic E-state index is 12.5. The second kappa shape index (κ2) is 5.93. The fourth-order valence-corrected chi connectivity index (χ4v) is 2.97. The highest BCUT2D eigenvalue weighted by atomic mass is 16.5. The van der Waals surface area contributed by atoms with Gasteiger partial charge in [0.1, 0.15) is 11.9 Å². The van der Waals surface area contributed by atoms with Gasteiger partial charge in [0, 0.05) is 38.6 Å². The number of aromatic nitrogens is 2. The molecule has 110 valence electrons. The number of rotatable bonds is 2. The molecule has 1 amide bonds. The molecule has 2 atom stereocenters. The summed E-state index contributed by atoms with van der Waals surface area (Å²) in [6, 6.07) is 0.145. The van der Waals surface area contributed by atoms with Crippen LogP contribution < -0.4 is 0 Å². The Morgan fingerprint density at radius 2 is 2.35 bits per heavy atom. The van der Waals surface area contributed by atoms with Crippen LogP contribution in [0.25, 0.3) is 0 Å². The minimum atomic E-state index is -0.232. The van der Waals surface area contributed by atoms with Gasteiger partial charge in [-0.2, -0.15) is 0 Å². The molecule has 0 aromatic carbocycles. The molecule has 0 radical (unpaired) electrons. The van der Waals surface area contributed by atoms with Crippen molar-refractivity contribution in [2.75, 3.05) is 33.3 Å². The lowest BCUT2D eigenvalue weighted by atomic mass is 10.1. The van der Waals surface area contributed by atoms with Crippen LogP contribution in [0.5, 0.6) is 0 Å². The third-order valence-electron chi connectivity index (χ3n) is 4.25. The number of nitrogens with one attached hydrogen (secondary N) is 1. The monoisotopic (exact) mass is 278 g/mol. The first-order valence-corrected chi connectivity index (χ1v) is 7.35. The predicted molar refractivity (Wildman–Crippen MR) is 74.1 cm³/mol. The number of piperazine rings is 1. The van der Waals surface area contributed by atoms with Crippen LogP contribution in [-0.2, 0) is 9.53 Å². The van der Waals surface area contributed by atoms with Crippen molar-refractivity contribution >= 4 is 5.91 Å². The predicted octanol–water partition coefficient (Wildman–Crippen LogP) is 0.794. The summed E-state index contributed by atoms with van der Waals surface area (Å²) in [7, 11) is 2.08. The van der Waals surface area contributed by atoms with Crippen molar-refractivity contribution in [2.45, 2.75) is 31.4 Å². The maximum atomic E-state index is 12.5. The normalized spacial score (nSPS) is 28.6. The standard InChI is InChI=1S/C14H22N4O2/c1-17-7-8-18(10-11(17)13-15-5-6-16-13)14(19)12-4-2-3-9-20-12/h5-6,11-12H,2-4,7-10H2,1H3,(H,15,16). The Hall–Kier alpha value is -1.40. The molecule has 20 heavy (non-hydrogen) atoms. The van der Waals surface area contributed by atoms with E-state index in [-0.39, 0.29) is 18.1 Å². The molecule has 3 rings (SSSR count). The van der Waals surface area contributed by atoms with E-state index in [0.717, 1.165) is 38.2 Å². The fraction of sp³-hybridized carbons (Fsp3) is 0.714. The zero-order chi connectivity index (χ0) is 13.9. The average Bonchev–Trinajstić information content (AvgIpc) is 3.02. The van der Waals surface area contributed by atoms with Crippen molar-refractivity contribution < 1.29 is 9.53 Å². The van der Waals surface area contributed by atoms with Crippen molar-refractivity contribution in [3.63, 3.8) is 0 Å². The first-order valence-electron chi connectivity index (χ1n) is 7.35. The number of carbonyl (C=O) groups is 1. The summed E-state index contributed by atoms with van der Waals surface area (Å²) in [5.41, 5.74) is 0. The van der Waals surface area contributed by atoms with E-state index in [2.05, 4.69) is 21.9 Å². The van der Waals surface area contributed by atoms with Crippen LogP contribution in [0.3, 0.4) is 0 Å². The minimum Gasteiger partial charge on any atom is -0.368 e. The molecular weight excluding hydrogens is 256 g/mol. The van der Waals surface area contributed by atoms with Gasteiger partial charge in [-0.25, -0.2) is 4.98 Å². The van der Waals surface area contributed by atoms with Crippen molar-refractivity contribution in [3.8, 4) is 0 Å². The Morgan fingerprint density at radius 1 is 1.45 bits per heavy atom. The molecule has 6 nitrogen and oxygen atoms in total. The number of carbonyl (C=O) groups excluding carboxylic acids is 1. The summed E-state index contributed by atoms with van der Waals surface area (Å²) in [6.07, 6.45) is 6.37. The second-order valence-corrected chi connectivity index (χ2v) is 5.61. The maximum Gasteiger partial charge on any atom is 0.251 e. The third-order valence-corrected chi connectivity index (χ3v) is 4.25. The van der Waals surface area contributed by atoms with Crippen LogP contribution in [0.4, 0.5) is 0 Å². The van der Waals surface area contributed by atoms with E-state index in [4.69, 9.17) is 4.74 Å². The van der Waals surface area contributed by atoms with Gasteiger partial charge < -0.3 is 14.6 Å². The quantitative estimate of drug-likeness (QED) is 0.869. The molecule has 0 aliphatic carbocycles. The molecule has 0 saturated carbocycles. The van der Waals surface area contributed by atoms with Gasteiger partial charge in [-0.15, -0.1) is 0 Å². The number of likely N-dealkylation sites (N-methyl/N-ethyl adjacent to an activating group) is 1. The van der Waals surface area contributed by atoms with E-state index in [9.17, 15) is 4.79 Å². The van der Waals surface area contributed by atoms with Crippen molar-refractivity contribution in [2.24, 2.45) is 0 Å². The lowest BCUT2D eigenvalue weighted by Gasteiger charge is -2.40. The molecule has 2 saturated heterocycles. The summed E-state index contributed by atoms with van der Waals surface area (Å²) < 4.78 is 5.62. The number of H-pyrrole nitrogens is 1. The average molecular weight is 278 g/mol. The number of ether oxygens (including phenoxy) is 1. The Balaban J connectivity index is 1.67. The van der Waals surface area contributed by atoms with Gasteiger partial charge in [-0.05, 0) is 26.3 Å². The highest BCUT2D eigenvalue weighted by Crippen LogP contribution is 2.23. The first kappa shape index (κ1) is 13.6. The summed E-state index contributed by atoms with van der Waals surface area (Å²) in [5, 5.41) is 0. The molecule has 2 aliphatic rings. The highest BCUT2D eigenvalue weighted by molar-refractivity contribution is 5.81. The summed E-state index contributed by atoms with van der Waals surface area (Å²) in [4.78, 5) is 24.2. The highest BCUT2D eigenvalue weighted by Gasteiger charge is 2.33. The molecule has 2 fully saturated rings. The number of hydrogen-bond donors (Lipinski definition) is 1. The molecule has 1 N–H and O–H groups in total. The Morgan fingerprint density at radius 3 is 3.05 bits per heavy atom. The molecule has 0 spiro atoms. The van der Waals surface area contributed by atoms with Gasteiger partial charge >= 0.3 is 0 Å². The molecule has 1 aromatic rings. The topological polar surface area (TPSA) is 61.5 Å². The van der Waals surface area contributed by atoms with E-state index in [1.165, 1.54) is 0 Å². The summed E-state index contributed by atoms with van der Waals surface area (Å²) in [6.45, 7) is 3.03. The van der Waals surface area contributed by atoms with E-state index in [0.29, 0.717) is 13.2 Å². The van der Waals surface area contributed by atoms with Crippen LogP contribution >= 0.6 is 0 Å². The Bertz CT molecular complexity index is 442. The van der Waals surface area contributed by atoms with Crippen LogP contribution in [0.2, 0.25) is 0 Å². The van der Waals surface area contributed by atoms with Crippen LogP contribution in [0.1, 0.15) is 31.1 Å². The van der Waals surface area contributed by atoms with Gasteiger partial charge in [-0.1, -0.05) is 0 Å². The molecule has 3 heterocycles. The second-order valence-electron chi connectivity index (χ2n) is 5.61. The van der Waals surface area contributed by atoms with E-state index in [1.54, 1.807) is 6.20 Å². The van der Waals surface area contributed by atoms with Crippen molar-refractivity contribution in [1.29, 1.82) is 0 Å². The Kier molecular flexibility index (Phi) is 4.03. The number of aromatic amines is 1. The van der Waals surface area contributed by atoms with Crippen molar-refractivity contribution in [1.82, 2.24) is 19.8 Å². The lowest BCUT2D eigenvalue weighted by Crippen LogP contribution is -2.52. The van der Waals surface area contributed by atoms with Gasteiger partial charge in [0.2, 0.25) is 0 Å². The summed E-state index contributed by atoms with van der Waals surface area (Å²) >= 11 is 0. The third kappa shape index (κ3) is 2.71. The largest absolute Gasteiger partial charge is 0.368 e. The molecule has 0 bridgehead atoms. The zero-order valence-electron chi connectivity index (χ0n) is 11.9. The SMILES string of the molecule is CN1CCN(C(=O)C2CCCCO2)CC1c1ncc[nH]1. The van der Waals surface area contributed by atoms with E-state index < -0.39 is 0 Å². The smallest absolute Gasteiger partial charge is 0.251 e. The number of nitrogens with zero attached hydrogens (tertiary/aromatic N) is 3. The van der Waals surface area contributed by atoms with Crippen LogP contribution in [0, 0.1) is 0 Å². The van der Waals surface area contributed by atoms with Crippen LogP contribution in [-0.4, -0.2) is 65.1 Å². The van der Waals surface area contributed by atoms with E-state index >= 15 is 0 Å². The first-order chi connectivity index (χ1) is 9.75. The molecule has 1 aromatic heterocycles. The molecule has 2 aliphatic heterocycles. The number of imidazole rings is 1. The van der Waals surface area contributed by atoms with Crippen LogP contribution in [0.15, 0.2) is 12.4 Å². The van der Waals surface area contributed by atoms with E-state index in [1.807, 2.05) is 11.1 Å². The van der Waals surface area contributed by atoms with Gasteiger partial charge in [0.05, 0.1) is 6.04 Å². The molecule has 2 unspecified atom stereocenters. The number of hydrogen-bond acceptors (Lipinski definition) is 4. The lowest BCUT2D eigenvalue weighted by molar-refractivity contribution is -0.149. The minimum absolute atomic E-state index is 0.145. The molecule has 6 heteroatoms. The number of amides is 1. The summed E-state index contributed by atoms with van der Waals surface area (Å²) in [5.74, 6) is 1.07. The van der Waals surface area contributed by atoms with Gasteiger partial charge in [0.15, 0.2) is 0 Å². The van der Waals surface area contributed by atoms with Crippen molar-refractivity contribution in [3.05, 3.63) is 18.2 Å². The van der Waals surface area contributed by atoms with Gasteiger partial charge in [-0.3, -0.25) is 9.69 Å². The fourth-order valence-electron chi connectivity index (χ4n) is 2.97. The molecular formula is C14H22N4O2.